The number of carbonyl (C=O) groups is 1. The summed E-state index contributed by atoms with van der Waals surface area (Å²) in [7, 11) is 0.935. The quantitative estimate of drug-likeness (QED) is 0.629. The summed E-state index contributed by atoms with van der Waals surface area (Å²) in [5.74, 6) is -1.11. The van der Waals surface area contributed by atoms with Crippen molar-refractivity contribution >= 4 is 5.97 Å². The van der Waals surface area contributed by atoms with E-state index in [0.717, 1.165) is 7.11 Å². The summed E-state index contributed by atoms with van der Waals surface area (Å²) in [5.41, 5.74) is -0.624. The van der Waals surface area contributed by atoms with Crippen molar-refractivity contribution in [2.24, 2.45) is 0 Å². The van der Waals surface area contributed by atoms with E-state index in [1.807, 2.05) is 0 Å². The molecule has 1 heterocycles. The molecular formula is C8H6F6N2O3. The highest BCUT2D eigenvalue weighted by Gasteiger charge is 2.49. The van der Waals surface area contributed by atoms with Crippen LogP contribution in [-0.2, 0) is 15.5 Å². The summed E-state index contributed by atoms with van der Waals surface area (Å²) < 4.78 is 80.6. The monoisotopic (exact) mass is 292 g/mol. The van der Waals surface area contributed by atoms with Crippen molar-refractivity contribution in [1.82, 2.24) is 9.55 Å². The molecule has 0 aliphatic heterocycles. The molecule has 19 heavy (non-hydrogen) atoms. The van der Waals surface area contributed by atoms with Crippen molar-refractivity contribution in [2.75, 3.05) is 7.11 Å². The number of ether oxygens (including phenoxy) is 2. The minimum atomic E-state index is -5.57. The van der Waals surface area contributed by atoms with Gasteiger partial charge in [-0.15, -0.1) is 13.2 Å². The second kappa shape index (κ2) is 5.07. The Hall–Kier alpha value is -1.78. The second-order valence-electron chi connectivity index (χ2n) is 3.13. The lowest BCUT2D eigenvalue weighted by Gasteiger charge is -2.22. The zero-order valence-electron chi connectivity index (χ0n) is 9.12. The standard InChI is InChI=1S/C8H6F6N2O3/c1-18-5(17)4-2-16(3-15-4)7(10,11)6(9)19-8(12,13)14/h2-3,6H,1H3. The average Bonchev–Trinajstić information content (AvgIpc) is 2.75. The first kappa shape index (κ1) is 15.3. The number of hydrogen-bond acceptors (Lipinski definition) is 4. The number of nitrogens with zero attached hydrogens (tertiary/aromatic N) is 2. The van der Waals surface area contributed by atoms with Gasteiger partial charge in [-0.2, -0.15) is 8.78 Å². The third-order valence-corrected chi connectivity index (χ3v) is 1.83. The molecule has 1 atom stereocenters. The number of hydrogen-bond donors (Lipinski definition) is 0. The number of imidazole rings is 1. The molecule has 1 unspecified atom stereocenters. The van der Waals surface area contributed by atoms with Gasteiger partial charge in [0.05, 0.1) is 7.11 Å². The van der Waals surface area contributed by atoms with E-state index in [4.69, 9.17) is 0 Å². The molecule has 0 saturated carbocycles. The van der Waals surface area contributed by atoms with Gasteiger partial charge in [0.2, 0.25) is 0 Å². The van der Waals surface area contributed by atoms with Crippen LogP contribution in [0.3, 0.4) is 0 Å². The van der Waals surface area contributed by atoms with Gasteiger partial charge in [0.1, 0.15) is 6.33 Å². The van der Waals surface area contributed by atoms with E-state index >= 15 is 0 Å². The van der Waals surface area contributed by atoms with Gasteiger partial charge >= 0.3 is 18.4 Å². The number of halogens is 6. The molecule has 5 nitrogen and oxygen atoms in total. The Morgan fingerprint density at radius 3 is 2.42 bits per heavy atom. The Kier molecular flexibility index (Phi) is 4.08. The second-order valence-corrected chi connectivity index (χ2v) is 3.13. The molecule has 0 spiro atoms. The molecule has 0 aliphatic rings. The van der Waals surface area contributed by atoms with Crippen LogP contribution in [0.2, 0.25) is 0 Å². The maximum Gasteiger partial charge on any atom is 0.525 e. The number of rotatable bonds is 4. The van der Waals surface area contributed by atoms with Crippen LogP contribution in [0, 0.1) is 0 Å². The summed E-state index contributed by atoms with van der Waals surface area (Å²) in [5, 5.41) is 0. The highest BCUT2D eigenvalue weighted by Crippen LogP contribution is 2.33. The molecule has 0 radical (unpaired) electrons. The predicted octanol–water partition coefficient (Wildman–Crippen LogP) is 2.05. The lowest BCUT2D eigenvalue weighted by atomic mass is 10.4. The van der Waals surface area contributed by atoms with Crippen LogP contribution >= 0.6 is 0 Å². The number of esters is 1. The Morgan fingerprint density at radius 2 is 1.95 bits per heavy atom. The van der Waals surface area contributed by atoms with E-state index in [-0.39, 0.29) is 10.9 Å². The molecule has 1 aromatic heterocycles. The molecule has 0 bridgehead atoms. The van der Waals surface area contributed by atoms with E-state index in [0.29, 0.717) is 6.20 Å². The van der Waals surface area contributed by atoms with Crippen LogP contribution in [0.25, 0.3) is 0 Å². The SMILES string of the molecule is COC(=O)c1cn(C(F)(F)C(F)OC(F)(F)F)cn1. The number of carbonyl (C=O) groups excluding carboxylic acids is 1. The van der Waals surface area contributed by atoms with E-state index in [2.05, 4.69) is 14.5 Å². The maximum atomic E-state index is 13.2. The minimum Gasteiger partial charge on any atom is -0.464 e. The van der Waals surface area contributed by atoms with Gasteiger partial charge in [0, 0.05) is 6.20 Å². The molecule has 0 saturated heterocycles. The Labute approximate surface area is 101 Å². The predicted molar refractivity (Wildman–Crippen MR) is 45.8 cm³/mol. The van der Waals surface area contributed by atoms with Crippen LogP contribution in [0.4, 0.5) is 26.3 Å². The molecule has 0 aliphatic carbocycles. The lowest BCUT2D eigenvalue weighted by molar-refractivity contribution is -0.399. The Morgan fingerprint density at radius 1 is 1.37 bits per heavy atom. The van der Waals surface area contributed by atoms with Crippen molar-refractivity contribution < 1.29 is 40.6 Å². The van der Waals surface area contributed by atoms with Crippen molar-refractivity contribution in [3.63, 3.8) is 0 Å². The van der Waals surface area contributed by atoms with E-state index in [9.17, 15) is 31.1 Å². The topological polar surface area (TPSA) is 53.4 Å². The van der Waals surface area contributed by atoms with Crippen molar-refractivity contribution in [2.45, 2.75) is 18.8 Å². The molecule has 0 amide bonds. The van der Waals surface area contributed by atoms with Gasteiger partial charge in [-0.25, -0.2) is 18.9 Å². The molecule has 11 heteroatoms. The third kappa shape index (κ3) is 3.59. The normalized spacial score (nSPS) is 14.3. The van der Waals surface area contributed by atoms with E-state index < -0.39 is 30.4 Å². The lowest BCUT2D eigenvalue weighted by Crippen LogP contribution is -2.38. The van der Waals surface area contributed by atoms with Crippen LogP contribution in [0.15, 0.2) is 12.5 Å². The largest absolute Gasteiger partial charge is 0.525 e. The zero-order valence-corrected chi connectivity index (χ0v) is 9.12. The number of alkyl halides is 6. The van der Waals surface area contributed by atoms with Crippen molar-refractivity contribution in [3.8, 4) is 0 Å². The summed E-state index contributed by atoms with van der Waals surface area (Å²) in [4.78, 5) is 14.0. The average molecular weight is 292 g/mol. The zero-order chi connectivity index (χ0) is 14.8. The van der Waals surface area contributed by atoms with Gasteiger partial charge in [-0.05, 0) is 0 Å². The fourth-order valence-electron chi connectivity index (χ4n) is 1.00. The van der Waals surface area contributed by atoms with Crippen LogP contribution < -0.4 is 0 Å². The van der Waals surface area contributed by atoms with Crippen LogP contribution in [-0.4, -0.2) is 35.4 Å². The summed E-state index contributed by atoms with van der Waals surface area (Å²) in [6, 6.07) is -4.70. The van der Waals surface area contributed by atoms with Crippen molar-refractivity contribution in [1.29, 1.82) is 0 Å². The molecule has 1 rings (SSSR count). The smallest absolute Gasteiger partial charge is 0.464 e. The summed E-state index contributed by atoms with van der Waals surface area (Å²) in [6.45, 7) is 0. The van der Waals surface area contributed by atoms with Gasteiger partial charge in [-0.1, -0.05) is 0 Å². The Bertz CT molecular complexity index is 458. The Balaban J connectivity index is 2.93. The van der Waals surface area contributed by atoms with Crippen LogP contribution in [0.1, 0.15) is 10.5 Å². The fraction of sp³-hybridized carbons (Fsp3) is 0.500. The molecule has 0 fully saturated rings. The third-order valence-electron chi connectivity index (χ3n) is 1.83. The number of methoxy groups -OCH3 is 1. The first-order valence-electron chi connectivity index (χ1n) is 4.47. The van der Waals surface area contributed by atoms with Crippen molar-refractivity contribution in [3.05, 3.63) is 18.2 Å². The highest BCUT2D eigenvalue weighted by atomic mass is 19.4. The minimum absolute atomic E-state index is 0.276. The molecule has 108 valence electrons. The van der Waals surface area contributed by atoms with Gasteiger partial charge < -0.3 is 4.74 Å². The van der Waals surface area contributed by atoms with E-state index in [1.54, 1.807) is 0 Å². The van der Waals surface area contributed by atoms with Crippen LogP contribution in [0.5, 0.6) is 0 Å². The first-order chi connectivity index (χ1) is 8.58. The summed E-state index contributed by atoms with van der Waals surface area (Å²) >= 11 is 0. The molecule has 0 N–H and O–H groups in total. The molecule has 1 aromatic rings. The highest BCUT2D eigenvalue weighted by molar-refractivity contribution is 5.86. The first-order valence-corrected chi connectivity index (χ1v) is 4.47. The molecule has 0 aromatic carbocycles. The van der Waals surface area contributed by atoms with Gasteiger partial charge in [-0.3, -0.25) is 4.57 Å². The van der Waals surface area contributed by atoms with Gasteiger partial charge in [0.15, 0.2) is 5.69 Å². The number of aromatic nitrogens is 2. The van der Waals surface area contributed by atoms with E-state index in [1.165, 1.54) is 0 Å². The summed E-state index contributed by atoms with van der Waals surface area (Å²) in [6.07, 6.45) is -8.96. The molecular weight excluding hydrogens is 286 g/mol. The fourth-order valence-corrected chi connectivity index (χ4v) is 1.00. The maximum absolute atomic E-state index is 13.2. The van der Waals surface area contributed by atoms with Gasteiger partial charge in [0.25, 0.3) is 6.36 Å².